The van der Waals surface area contributed by atoms with Crippen LogP contribution in [-0.4, -0.2) is 33.9 Å². The van der Waals surface area contributed by atoms with Crippen molar-refractivity contribution in [3.05, 3.63) is 102 Å². The number of rotatable bonds is 9. The van der Waals surface area contributed by atoms with E-state index in [1.165, 1.54) is 32.2 Å². The largest absolute Gasteiger partial charge is 0.495 e. The topological polar surface area (TPSA) is 139 Å². The first-order chi connectivity index (χ1) is 19.6. The van der Waals surface area contributed by atoms with Crippen molar-refractivity contribution in [2.24, 2.45) is 0 Å². The van der Waals surface area contributed by atoms with Crippen molar-refractivity contribution in [3.8, 4) is 5.75 Å². The lowest BCUT2D eigenvalue weighted by atomic mass is 10.2. The number of aromatic nitrogens is 2. The molecule has 0 fully saturated rings. The van der Waals surface area contributed by atoms with Gasteiger partial charge in [0.2, 0.25) is 0 Å². The molecule has 5 aromatic rings. The third-order valence-electron chi connectivity index (χ3n) is 5.99. The molecule has 210 valence electrons. The van der Waals surface area contributed by atoms with E-state index in [1.807, 2.05) is 0 Å². The number of hydrogen-bond donors (Lipinski definition) is 3. The van der Waals surface area contributed by atoms with Crippen LogP contribution in [-0.2, 0) is 20.0 Å². The number of anilines is 4. The molecule has 10 nitrogen and oxygen atoms in total. The molecule has 13 heteroatoms. The van der Waals surface area contributed by atoms with E-state index in [9.17, 15) is 21.2 Å². The standard InChI is InChI=1S/C28H24FN5O5S2/c1-18-16-19(29)14-15-26(18)41(37,38)34-28-27(31-22-10-3-4-11-23(22)32-28)30-20-8-7-9-21(17-20)40(35,36)33-24-12-5-6-13-25(24)39-2/h3-17,33H,1-2H3,(H,30,31)(H,32,34). The van der Waals surface area contributed by atoms with E-state index < -0.39 is 25.9 Å². The average molecular weight is 594 g/mol. The number of sulfonamides is 2. The summed E-state index contributed by atoms with van der Waals surface area (Å²) in [7, 11) is -6.78. The van der Waals surface area contributed by atoms with Crippen LogP contribution in [0.4, 0.5) is 27.4 Å². The molecule has 0 aliphatic carbocycles. The van der Waals surface area contributed by atoms with Crippen molar-refractivity contribution >= 4 is 54.1 Å². The Balaban J connectivity index is 1.51. The quantitative estimate of drug-likeness (QED) is 0.206. The Hall–Kier alpha value is -4.75. The van der Waals surface area contributed by atoms with E-state index in [0.29, 0.717) is 22.5 Å². The summed E-state index contributed by atoms with van der Waals surface area (Å²) in [4.78, 5) is 8.77. The van der Waals surface area contributed by atoms with Crippen molar-refractivity contribution in [1.29, 1.82) is 0 Å². The maximum absolute atomic E-state index is 13.6. The molecule has 0 unspecified atom stereocenters. The number of ether oxygens (including phenoxy) is 1. The van der Waals surface area contributed by atoms with Gasteiger partial charge < -0.3 is 10.1 Å². The normalized spacial score (nSPS) is 11.7. The Morgan fingerprint density at radius 2 is 1.41 bits per heavy atom. The highest BCUT2D eigenvalue weighted by Crippen LogP contribution is 2.30. The SMILES string of the molecule is COc1ccccc1NS(=O)(=O)c1cccc(Nc2nc3ccccc3nc2NS(=O)(=O)c2ccc(F)cc2C)c1. The molecule has 0 amide bonds. The van der Waals surface area contributed by atoms with Crippen LogP contribution in [0.3, 0.4) is 0 Å². The third-order valence-corrected chi connectivity index (χ3v) is 8.85. The first-order valence-corrected chi connectivity index (χ1v) is 15.1. The van der Waals surface area contributed by atoms with Crippen LogP contribution in [0.1, 0.15) is 5.56 Å². The van der Waals surface area contributed by atoms with Crippen LogP contribution in [0.25, 0.3) is 11.0 Å². The molecule has 0 saturated heterocycles. The maximum Gasteiger partial charge on any atom is 0.263 e. The molecule has 0 atom stereocenters. The van der Waals surface area contributed by atoms with Gasteiger partial charge in [0, 0.05) is 5.69 Å². The number of nitrogens with one attached hydrogen (secondary N) is 3. The zero-order chi connectivity index (χ0) is 29.2. The Bertz CT molecular complexity index is 1990. The highest BCUT2D eigenvalue weighted by Gasteiger charge is 2.22. The number of hydrogen-bond acceptors (Lipinski definition) is 8. The van der Waals surface area contributed by atoms with Gasteiger partial charge in [0.1, 0.15) is 11.6 Å². The minimum absolute atomic E-state index is 0.0271. The molecule has 1 heterocycles. The molecule has 4 aromatic carbocycles. The van der Waals surface area contributed by atoms with Crippen molar-refractivity contribution < 1.29 is 26.0 Å². The number of aryl methyl sites for hydroxylation is 1. The number of benzene rings is 4. The molecule has 0 aliphatic heterocycles. The van der Waals surface area contributed by atoms with Gasteiger partial charge in [0.15, 0.2) is 11.6 Å². The number of fused-ring (bicyclic) bond motifs is 1. The summed E-state index contributed by atoms with van der Waals surface area (Å²) >= 11 is 0. The zero-order valence-electron chi connectivity index (χ0n) is 21.8. The molecule has 1 aromatic heterocycles. The average Bonchev–Trinajstić information content (AvgIpc) is 2.93. The first kappa shape index (κ1) is 27.8. The molecule has 3 N–H and O–H groups in total. The molecule has 41 heavy (non-hydrogen) atoms. The van der Waals surface area contributed by atoms with Gasteiger partial charge in [-0.05, 0) is 73.2 Å². The Morgan fingerprint density at radius 3 is 2.12 bits per heavy atom. The van der Waals surface area contributed by atoms with Gasteiger partial charge in [0.25, 0.3) is 20.0 Å². The minimum Gasteiger partial charge on any atom is -0.495 e. The first-order valence-electron chi connectivity index (χ1n) is 12.1. The number of halogens is 1. The molecule has 0 radical (unpaired) electrons. The van der Waals surface area contributed by atoms with Gasteiger partial charge in [-0.1, -0.05) is 30.3 Å². The van der Waals surface area contributed by atoms with Crippen LogP contribution in [0.15, 0.2) is 101 Å². The summed E-state index contributed by atoms with van der Waals surface area (Å²) in [6.45, 7) is 1.48. The summed E-state index contributed by atoms with van der Waals surface area (Å²) in [6.07, 6.45) is 0. The van der Waals surface area contributed by atoms with Crippen LogP contribution in [0.5, 0.6) is 5.75 Å². The predicted octanol–water partition coefficient (Wildman–Crippen LogP) is 5.43. The maximum atomic E-state index is 13.6. The second-order valence-electron chi connectivity index (χ2n) is 8.88. The summed E-state index contributed by atoms with van der Waals surface area (Å²) in [5.74, 6) is -0.318. The van der Waals surface area contributed by atoms with Crippen molar-refractivity contribution in [2.75, 3.05) is 21.9 Å². The Labute approximate surface area is 236 Å². The van der Waals surface area contributed by atoms with E-state index >= 15 is 0 Å². The van der Waals surface area contributed by atoms with E-state index in [4.69, 9.17) is 4.74 Å². The van der Waals surface area contributed by atoms with Crippen molar-refractivity contribution in [3.63, 3.8) is 0 Å². The predicted molar refractivity (Wildman–Crippen MR) is 155 cm³/mol. The second-order valence-corrected chi connectivity index (χ2v) is 12.2. The van der Waals surface area contributed by atoms with E-state index in [-0.39, 0.29) is 32.7 Å². The fraction of sp³-hybridized carbons (Fsp3) is 0.0714. The molecular formula is C28H24FN5O5S2. The highest BCUT2D eigenvalue weighted by atomic mass is 32.2. The van der Waals surface area contributed by atoms with Gasteiger partial charge in [-0.2, -0.15) is 0 Å². The summed E-state index contributed by atoms with van der Waals surface area (Å²) in [5, 5.41) is 2.98. The number of methoxy groups -OCH3 is 1. The van der Waals surface area contributed by atoms with Crippen LogP contribution in [0.2, 0.25) is 0 Å². The van der Waals surface area contributed by atoms with Crippen molar-refractivity contribution in [1.82, 2.24) is 9.97 Å². The molecule has 0 aliphatic rings. The van der Waals surface area contributed by atoms with Gasteiger partial charge in [-0.15, -0.1) is 0 Å². The van der Waals surface area contributed by atoms with Crippen LogP contribution < -0.4 is 19.5 Å². The molecule has 5 rings (SSSR count). The van der Waals surface area contributed by atoms with E-state index in [0.717, 1.165) is 18.2 Å². The number of nitrogens with zero attached hydrogens (tertiary/aromatic N) is 2. The van der Waals surface area contributed by atoms with Crippen LogP contribution in [0, 0.1) is 12.7 Å². The second kappa shape index (κ2) is 11.0. The van der Waals surface area contributed by atoms with Crippen LogP contribution >= 0.6 is 0 Å². The number of para-hydroxylation sites is 4. The zero-order valence-corrected chi connectivity index (χ0v) is 23.4. The van der Waals surface area contributed by atoms with E-state index in [1.54, 1.807) is 54.6 Å². The highest BCUT2D eigenvalue weighted by molar-refractivity contribution is 7.93. The third kappa shape index (κ3) is 6.05. The Morgan fingerprint density at radius 1 is 0.732 bits per heavy atom. The van der Waals surface area contributed by atoms with E-state index in [2.05, 4.69) is 24.7 Å². The molecule has 0 bridgehead atoms. The van der Waals surface area contributed by atoms with Gasteiger partial charge >= 0.3 is 0 Å². The summed E-state index contributed by atoms with van der Waals surface area (Å²) in [6, 6.07) is 22.7. The molecular weight excluding hydrogens is 569 g/mol. The molecule has 0 spiro atoms. The summed E-state index contributed by atoms with van der Waals surface area (Å²) in [5.41, 5.74) is 1.67. The van der Waals surface area contributed by atoms with Gasteiger partial charge in [-0.25, -0.2) is 31.2 Å². The van der Waals surface area contributed by atoms with Gasteiger partial charge in [-0.3, -0.25) is 9.44 Å². The minimum atomic E-state index is -4.19. The Kier molecular flexibility index (Phi) is 7.47. The van der Waals surface area contributed by atoms with Crippen molar-refractivity contribution in [2.45, 2.75) is 16.7 Å². The van der Waals surface area contributed by atoms with Gasteiger partial charge in [0.05, 0.1) is 33.6 Å². The smallest absolute Gasteiger partial charge is 0.263 e. The monoisotopic (exact) mass is 593 g/mol. The lowest BCUT2D eigenvalue weighted by Gasteiger charge is -2.16. The fourth-order valence-electron chi connectivity index (χ4n) is 4.07. The summed E-state index contributed by atoms with van der Waals surface area (Å²) < 4.78 is 76.7. The lowest BCUT2D eigenvalue weighted by molar-refractivity contribution is 0.417. The molecule has 0 saturated carbocycles. The lowest BCUT2D eigenvalue weighted by Crippen LogP contribution is -2.17. The fourth-order valence-corrected chi connectivity index (χ4v) is 6.42.